The molecule has 1 fully saturated rings. The molecule has 2 aromatic carbocycles. The number of piperazine rings is 1. The Morgan fingerprint density at radius 1 is 1.18 bits per heavy atom. The van der Waals surface area contributed by atoms with Crippen LogP contribution in [0.5, 0.6) is 0 Å². The van der Waals surface area contributed by atoms with Crippen LogP contribution >= 0.6 is 12.2 Å². The third-order valence-corrected chi connectivity index (χ3v) is 7.15. The van der Waals surface area contributed by atoms with E-state index in [1.54, 1.807) is 18.2 Å². The average molecular weight is 420 g/mol. The molecule has 28 heavy (non-hydrogen) atoms. The van der Waals surface area contributed by atoms with Gasteiger partial charge in [-0.3, -0.25) is 0 Å². The maximum Gasteiger partial charge on any atom is 0.242 e. The molecule has 0 bridgehead atoms. The number of hydrogen-bond acceptors (Lipinski definition) is 3. The number of benzene rings is 2. The topological polar surface area (TPSA) is 57.1 Å². The Morgan fingerprint density at radius 2 is 1.89 bits per heavy atom. The van der Waals surface area contributed by atoms with Crippen LogP contribution in [0, 0.1) is 0 Å². The van der Waals surface area contributed by atoms with E-state index in [1.165, 1.54) is 28.9 Å². The summed E-state index contributed by atoms with van der Waals surface area (Å²) in [7, 11) is 1.76. The summed E-state index contributed by atoms with van der Waals surface area (Å²) >= 11 is 5.71. The predicted octanol–water partition coefficient (Wildman–Crippen LogP) is 1.21. The third kappa shape index (κ3) is 4.52. The van der Waals surface area contributed by atoms with Gasteiger partial charge in [0.2, 0.25) is 10.0 Å². The molecule has 150 valence electrons. The summed E-state index contributed by atoms with van der Waals surface area (Å²) < 4.78 is 26.0. The molecule has 2 N–H and O–H groups in total. The van der Waals surface area contributed by atoms with Crippen LogP contribution in [-0.4, -0.2) is 63.5 Å². The van der Waals surface area contributed by atoms with E-state index >= 15 is 0 Å². The number of likely N-dealkylation sites (N-methyl/N-ethyl adjacent to an activating group) is 1. The fraction of sp³-hybridized carbons (Fsp3) is 0.350. The zero-order valence-corrected chi connectivity index (χ0v) is 18.1. The Morgan fingerprint density at radius 3 is 2.57 bits per heavy atom. The standard InChI is InChI=1S/C20H26N4O2S2/c1-22(2)28(25,26)18-11-7-10-17(14-18)21-20(27)24-13-12-23(3)15-19(24)16-8-5-4-6-9-16/h4-11,14,19H,12-13,15H2,1-3H3,(H,21,27)/p+1/t19-/m1/s1. The molecular weight excluding hydrogens is 392 g/mol. The van der Waals surface area contributed by atoms with Crippen molar-refractivity contribution in [3.8, 4) is 0 Å². The van der Waals surface area contributed by atoms with E-state index in [0.717, 1.165) is 19.6 Å². The van der Waals surface area contributed by atoms with Crippen molar-refractivity contribution in [1.82, 2.24) is 9.21 Å². The maximum atomic E-state index is 12.4. The largest absolute Gasteiger partial charge is 0.334 e. The Labute approximate surface area is 172 Å². The van der Waals surface area contributed by atoms with Gasteiger partial charge >= 0.3 is 0 Å². The van der Waals surface area contributed by atoms with E-state index in [4.69, 9.17) is 12.2 Å². The molecule has 0 aromatic heterocycles. The van der Waals surface area contributed by atoms with Gasteiger partial charge in [-0.25, -0.2) is 12.7 Å². The fourth-order valence-corrected chi connectivity index (χ4v) is 4.65. The van der Waals surface area contributed by atoms with Gasteiger partial charge in [-0.05, 0) is 36.0 Å². The van der Waals surface area contributed by atoms with Gasteiger partial charge < -0.3 is 15.1 Å². The summed E-state index contributed by atoms with van der Waals surface area (Å²) in [6, 6.07) is 17.3. The number of rotatable bonds is 4. The first kappa shape index (κ1) is 20.7. The van der Waals surface area contributed by atoms with Gasteiger partial charge in [0, 0.05) is 19.8 Å². The van der Waals surface area contributed by atoms with Crippen molar-refractivity contribution >= 4 is 33.0 Å². The van der Waals surface area contributed by atoms with Gasteiger partial charge in [-0.1, -0.05) is 36.4 Å². The summed E-state index contributed by atoms with van der Waals surface area (Å²) in [5.74, 6) is 0. The number of nitrogens with one attached hydrogen (secondary N) is 2. The first-order valence-electron chi connectivity index (χ1n) is 9.25. The lowest BCUT2D eigenvalue weighted by molar-refractivity contribution is -0.887. The highest BCUT2D eigenvalue weighted by Gasteiger charge is 2.31. The minimum Gasteiger partial charge on any atom is -0.334 e. The summed E-state index contributed by atoms with van der Waals surface area (Å²) in [4.78, 5) is 3.91. The lowest BCUT2D eigenvalue weighted by atomic mass is 10.0. The SMILES string of the molecule is CN(C)S(=O)(=O)c1cccc(NC(=S)N2CC[NH+](C)C[C@@H]2c2ccccc2)c1. The van der Waals surface area contributed by atoms with Crippen molar-refractivity contribution < 1.29 is 13.3 Å². The molecule has 0 spiro atoms. The Balaban J connectivity index is 1.82. The summed E-state index contributed by atoms with van der Waals surface area (Å²) in [6.07, 6.45) is 0. The van der Waals surface area contributed by atoms with Crippen LogP contribution in [0.25, 0.3) is 0 Å². The molecule has 0 radical (unpaired) electrons. The van der Waals surface area contributed by atoms with Crippen molar-refractivity contribution in [3.63, 3.8) is 0 Å². The molecule has 3 rings (SSSR count). The molecule has 2 aromatic rings. The molecule has 1 aliphatic rings. The highest BCUT2D eigenvalue weighted by Crippen LogP contribution is 2.23. The first-order valence-corrected chi connectivity index (χ1v) is 11.1. The van der Waals surface area contributed by atoms with Crippen LogP contribution in [-0.2, 0) is 10.0 Å². The molecule has 6 nitrogen and oxygen atoms in total. The molecule has 1 aliphatic heterocycles. The van der Waals surface area contributed by atoms with Crippen LogP contribution in [0.1, 0.15) is 11.6 Å². The van der Waals surface area contributed by atoms with E-state index < -0.39 is 10.0 Å². The molecular formula is C20H27N4O2S2+. The van der Waals surface area contributed by atoms with Crippen molar-refractivity contribution in [2.24, 2.45) is 0 Å². The number of thiocarbonyl (C=S) groups is 1. The maximum absolute atomic E-state index is 12.4. The highest BCUT2D eigenvalue weighted by atomic mass is 32.2. The van der Waals surface area contributed by atoms with Crippen LogP contribution < -0.4 is 10.2 Å². The van der Waals surface area contributed by atoms with E-state index in [9.17, 15) is 8.42 Å². The number of nitrogens with zero attached hydrogens (tertiary/aromatic N) is 2. The first-order chi connectivity index (χ1) is 13.3. The van der Waals surface area contributed by atoms with E-state index in [1.807, 2.05) is 24.3 Å². The highest BCUT2D eigenvalue weighted by molar-refractivity contribution is 7.89. The Bertz CT molecular complexity index is 932. The van der Waals surface area contributed by atoms with Crippen molar-refractivity contribution in [2.45, 2.75) is 10.9 Å². The third-order valence-electron chi connectivity index (χ3n) is 5.01. The second-order valence-electron chi connectivity index (χ2n) is 7.28. The van der Waals surface area contributed by atoms with Crippen LogP contribution in [0.15, 0.2) is 59.5 Å². The lowest BCUT2D eigenvalue weighted by Crippen LogP contribution is -3.12. The molecule has 1 heterocycles. The molecule has 1 saturated heterocycles. The van der Waals surface area contributed by atoms with Crippen LogP contribution in [0.3, 0.4) is 0 Å². The van der Waals surface area contributed by atoms with E-state index in [2.05, 4.69) is 29.4 Å². The van der Waals surface area contributed by atoms with Gasteiger partial charge in [0.25, 0.3) is 0 Å². The zero-order valence-electron chi connectivity index (χ0n) is 16.4. The van der Waals surface area contributed by atoms with Crippen molar-refractivity contribution in [1.29, 1.82) is 0 Å². The summed E-state index contributed by atoms with van der Waals surface area (Å²) in [5, 5.41) is 3.85. The predicted molar refractivity (Wildman–Crippen MR) is 116 cm³/mol. The second-order valence-corrected chi connectivity index (χ2v) is 9.82. The normalized spacial score (nSPS) is 20.2. The van der Waals surface area contributed by atoms with Crippen LogP contribution in [0.2, 0.25) is 0 Å². The minimum absolute atomic E-state index is 0.184. The van der Waals surface area contributed by atoms with E-state index in [-0.39, 0.29) is 10.9 Å². The number of hydrogen-bond donors (Lipinski definition) is 2. The Hall–Kier alpha value is -2.00. The van der Waals surface area contributed by atoms with Gasteiger partial charge in [-0.15, -0.1) is 0 Å². The van der Waals surface area contributed by atoms with Gasteiger partial charge in [0.1, 0.15) is 12.6 Å². The number of anilines is 1. The lowest BCUT2D eigenvalue weighted by Gasteiger charge is -2.39. The molecule has 2 atom stereocenters. The summed E-state index contributed by atoms with van der Waals surface area (Å²) in [6.45, 7) is 2.80. The molecule has 0 saturated carbocycles. The minimum atomic E-state index is -3.49. The zero-order chi connectivity index (χ0) is 20.3. The van der Waals surface area contributed by atoms with E-state index in [0.29, 0.717) is 10.8 Å². The van der Waals surface area contributed by atoms with Gasteiger partial charge in [0.05, 0.1) is 25.0 Å². The Kier molecular flexibility index (Phi) is 6.34. The number of sulfonamides is 1. The molecule has 0 amide bonds. The smallest absolute Gasteiger partial charge is 0.242 e. The fourth-order valence-electron chi connectivity index (χ4n) is 3.37. The number of quaternary nitrogens is 1. The van der Waals surface area contributed by atoms with Crippen molar-refractivity contribution in [2.75, 3.05) is 46.1 Å². The molecule has 1 unspecified atom stereocenters. The monoisotopic (exact) mass is 419 g/mol. The van der Waals surface area contributed by atoms with Gasteiger partial charge in [-0.2, -0.15) is 0 Å². The second kappa shape index (κ2) is 8.57. The molecule has 8 heteroatoms. The summed E-state index contributed by atoms with van der Waals surface area (Å²) in [5.41, 5.74) is 1.90. The van der Waals surface area contributed by atoms with Crippen LogP contribution in [0.4, 0.5) is 5.69 Å². The average Bonchev–Trinajstić information content (AvgIpc) is 2.68. The molecule has 0 aliphatic carbocycles. The quantitative estimate of drug-likeness (QED) is 0.730. The van der Waals surface area contributed by atoms with Crippen molar-refractivity contribution in [3.05, 3.63) is 60.2 Å². The van der Waals surface area contributed by atoms with Gasteiger partial charge in [0.15, 0.2) is 5.11 Å².